The van der Waals surface area contributed by atoms with Crippen molar-refractivity contribution in [3.8, 4) is 0 Å². The van der Waals surface area contributed by atoms with Gasteiger partial charge in [0.05, 0.1) is 23.4 Å². The van der Waals surface area contributed by atoms with Crippen molar-refractivity contribution in [3.05, 3.63) is 60.4 Å². The van der Waals surface area contributed by atoms with Crippen LogP contribution in [0.4, 0.5) is 5.69 Å². The van der Waals surface area contributed by atoms with E-state index in [0.29, 0.717) is 0 Å². The highest BCUT2D eigenvalue weighted by molar-refractivity contribution is 5.80. The van der Waals surface area contributed by atoms with E-state index in [1.165, 1.54) is 5.56 Å². The van der Waals surface area contributed by atoms with Crippen LogP contribution in [0.15, 0.2) is 54.9 Å². The van der Waals surface area contributed by atoms with E-state index < -0.39 is 0 Å². The standard InChI is InChI=1S/C17H16N4O/c22-10-17-18-9-16(12-4-2-1-3-5-12)21(17)13-6-7-14-15(8-13)20-11-19-14/h1-8,10-11,16-18H,9H2,(H,19,20). The first kappa shape index (κ1) is 13.0. The number of imidazole rings is 1. The molecule has 3 aromatic rings. The molecule has 2 heterocycles. The van der Waals surface area contributed by atoms with E-state index in [1.807, 2.05) is 36.4 Å². The van der Waals surface area contributed by atoms with Crippen molar-refractivity contribution >= 4 is 23.0 Å². The Hall–Kier alpha value is -2.66. The number of nitrogens with one attached hydrogen (secondary N) is 2. The Balaban J connectivity index is 1.78. The number of aldehydes is 1. The normalized spacial score (nSPS) is 21.4. The highest BCUT2D eigenvalue weighted by atomic mass is 16.1. The van der Waals surface area contributed by atoms with Crippen molar-refractivity contribution in [2.45, 2.75) is 12.2 Å². The van der Waals surface area contributed by atoms with Gasteiger partial charge in [-0.3, -0.25) is 10.1 Å². The minimum atomic E-state index is -0.318. The van der Waals surface area contributed by atoms with E-state index in [4.69, 9.17) is 0 Å². The summed E-state index contributed by atoms with van der Waals surface area (Å²) in [6.07, 6.45) is 2.32. The predicted octanol–water partition coefficient (Wildman–Crippen LogP) is 2.24. The zero-order valence-corrected chi connectivity index (χ0v) is 11.9. The maximum atomic E-state index is 11.5. The molecule has 1 aliphatic heterocycles. The average molecular weight is 292 g/mol. The number of anilines is 1. The molecule has 1 saturated heterocycles. The molecule has 2 N–H and O–H groups in total. The van der Waals surface area contributed by atoms with Crippen molar-refractivity contribution < 1.29 is 4.79 Å². The Morgan fingerprint density at radius 2 is 2.05 bits per heavy atom. The molecule has 2 atom stereocenters. The summed E-state index contributed by atoms with van der Waals surface area (Å²) in [6.45, 7) is 0.742. The van der Waals surface area contributed by atoms with E-state index in [9.17, 15) is 4.79 Å². The summed E-state index contributed by atoms with van der Waals surface area (Å²) >= 11 is 0. The molecule has 0 saturated carbocycles. The van der Waals surface area contributed by atoms with Crippen LogP contribution in [0.2, 0.25) is 0 Å². The number of H-pyrrole nitrogens is 1. The second kappa shape index (κ2) is 5.27. The lowest BCUT2D eigenvalue weighted by Gasteiger charge is -2.29. The van der Waals surface area contributed by atoms with Crippen molar-refractivity contribution in [1.82, 2.24) is 15.3 Å². The number of hydrogen-bond donors (Lipinski definition) is 2. The third kappa shape index (κ3) is 2.07. The van der Waals surface area contributed by atoms with Crippen LogP contribution < -0.4 is 10.2 Å². The number of fused-ring (bicyclic) bond motifs is 1. The molecule has 0 amide bonds. The van der Waals surface area contributed by atoms with Gasteiger partial charge in [0.25, 0.3) is 0 Å². The fourth-order valence-corrected chi connectivity index (χ4v) is 3.11. The van der Waals surface area contributed by atoms with Crippen molar-refractivity contribution in [2.75, 3.05) is 11.4 Å². The predicted molar refractivity (Wildman–Crippen MR) is 85.6 cm³/mol. The largest absolute Gasteiger partial charge is 0.345 e. The monoisotopic (exact) mass is 292 g/mol. The molecule has 1 fully saturated rings. The molecule has 0 bridgehead atoms. The molecule has 0 radical (unpaired) electrons. The Bertz CT molecular complexity index is 799. The third-order valence-electron chi connectivity index (χ3n) is 4.17. The zero-order chi connectivity index (χ0) is 14.9. The summed E-state index contributed by atoms with van der Waals surface area (Å²) in [5.74, 6) is 0. The van der Waals surface area contributed by atoms with Crippen molar-refractivity contribution in [1.29, 1.82) is 0 Å². The SMILES string of the molecule is O=CC1NCC(c2ccccc2)N1c1ccc2[nH]cnc2c1. The number of benzene rings is 2. The first-order valence-electron chi connectivity index (χ1n) is 7.32. The molecule has 22 heavy (non-hydrogen) atoms. The van der Waals surface area contributed by atoms with E-state index in [-0.39, 0.29) is 12.2 Å². The van der Waals surface area contributed by atoms with E-state index in [2.05, 4.69) is 32.3 Å². The minimum Gasteiger partial charge on any atom is -0.345 e. The number of rotatable bonds is 3. The molecule has 1 aromatic heterocycles. The average Bonchev–Trinajstić information content (AvgIpc) is 3.21. The number of carbonyl (C=O) groups excluding carboxylic acids is 1. The second-order valence-corrected chi connectivity index (χ2v) is 5.43. The summed E-state index contributed by atoms with van der Waals surface area (Å²) in [5, 5.41) is 3.27. The van der Waals surface area contributed by atoms with Gasteiger partial charge in [0.2, 0.25) is 0 Å². The van der Waals surface area contributed by atoms with Crippen LogP contribution in [-0.2, 0) is 4.79 Å². The highest BCUT2D eigenvalue weighted by Crippen LogP contribution is 2.33. The van der Waals surface area contributed by atoms with Gasteiger partial charge in [0.1, 0.15) is 6.17 Å². The number of hydrogen-bond acceptors (Lipinski definition) is 4. The molecular formula is C17H16N4O. The fraction of sp³-hybridized carbons (Fsp3) is 0.176. The van der Waals surface area contributed by atoms with Gasteiger partial charge in [0, 0.05) is 12.2 Å². The first-order chi connectivity index (χ1) is 10.9. The summed E-state index contributed by atoms with van der Waals surface area (Å²) < 4.78 is 0. The van der Waals surface area contributed by atoms with Gasteiger partial charge in [-0.15, -0.1) is 0 Å². The lowest BCUT2D eigenvalue weighted by molar-refractivity contribution is -0.109. The summed E-state index contributed by atoms with van der Waals surface area (Å²) in [7, 11) is 0. The Morgan fingerprint density at radius 3 is 2.86 bits per heavy atom. The molecule has 0 aliphatic carbocycles. The number of aromatic nitrogens is 2. The van der Waals surface area contributed by atoms with Gasteiger partial charge in [-0.2, -0.15) is 0 Å². The molecule has 110 valence electrons. The van der Waals surface area contributed by atoms with Crippen LogP contribution in [0, 0.1) is 0 Å². The van der Waals surface area contributed by atoms with Crippen LogP contribution in [-0.4, -0.2) is 29.0 Å². The topological polar surface area (TPSA) is 61.0 Å². The minimum absolute atomic E-state index is 0.132. The van der Waals surface area contributed by atoms with Gasteiger partial charge < -0.3 is 9.88 Å². The Labute approximate surface area is 128 Å². The highest BCUT2D eigenvalue weighted by Gasteiger charge is 2.34. The number of carbonyl (C=O) groups is 1. The second-order valence-electron chi connectivity index (χ2n) is 5.43. The van der Waals surface area contributed by atoms with Crippen molar-refractivity contribution in [2.24, 2.45) is 0 Å². The van der Waals surface area contributed by atoms with E-state index in [0.717, 1.165) is 29.6 Å². The molecule has 4 rings (SSSR count). The van der Waals surface area contributed by atoms with Crippen molar-refractivity contribution in [3.63, 3.8) is 0 Å². The first-order valence-corrected chi connectivity index (χ1v) is 7.32. The third-order valence-corrected chi connectivity index (χ3v) is 4.17. The van der Waals surface area contributed by atoms with E-state index in [1.54, 1.807) is 6.33 Å². The van der Waals surface area contributed by atoms with Gasteiger partial charge in [-0.25, -0.2) is 4.98 Å². The van der Waals surface area contributed by atoms with Crippen LogP contribution in [0.1, 0.15) is 11.6 Å². The molecule has 1 aliphatic rings. The Kier molecular flexibility index (Phi) is 3.12. The maximum absolute atomic E-state index is 11.5. The van der Waals surface area contributed by atoms with Crippen LogP contribution in [0.5, 0.6) is 0 Å². The number of nitrogens with zero attached hydrogens (tertiary/aromatic N) is 2. The summed E-state index contributed by atoms with van der Waals surface area (Å²) in [4.78, 5) is 21.0. The smallest absolute Gasteiger partial charge is 0.157 e. The van der Waals surface area contributed by atoms with Gasteiger partial charge in [-0.1, -0.05) is 30.3 Å². The quantitative estimate of drug-likeness (QED) is 0.727. The molecule has 2 aromatic carbocycles. The number of aromatic amines is 1. The zero-order valence-electron chi connectivity index (χ0n) is 11.9. The fourth-order valence-electron chi connectivity index (χ4n) is 3.11. The van der Waals surface area contributed by atoms with Crippen LogP contribution in [0.25, 0.3) is 11.0 Å². The van der Waals surface area contributed by atoms with Gasteiger partial charge in [0.15, 0.2) is 6.29 Å². The Morgan fingerprint density at radius 1 is 1.18 bits per heavy atom. The molecule has 0 spiro atoms. The summed E-state index contributed by atoms with van der Waals surface area (Å²) in [6, 6.07) is 16.4. The molecule has 5 nitrogen and oxygen atoms in total. The lowest BCUT2D eigenvalue weighted by atomic mass is 10.1. The summed E-state index contributed by atoms with van der Waals surface area (Å²) in [5.41, 5.74) is 4.09. The lowest BCUT2D eigenvalue weighted by Crippen LogP contribution is -2.37. The molecule has 5 heteroatoms. The molecular weight excluding hydrogens is 276 g/mol. The molecule has 2 unspecified atom stereocenters. The van der Waals surface area contributed by atoms with Gasteiger partial charge in [-0.05, 0) is 23.8 Å². The maximum Gasteiger partial charge on any atom is 0.157 e. The van der Waals surface area contributed by atoms with Crippen LogP contribution in [0.3, 0.4) is 0 Å². The van der Waals surface area contributed by atoms with Gasteiger partial charge >= 0.3 is 0 Å². The van der Waals surface area contributed by atoms with E-state index >= 15 is 0 Å². The van der Waals surface area contributed by atoms with Crippen LogP contribution >= 0.6 is 0 Å².